The third-order valence-electron chi connectivity index (χ3n) is 6.73. The first-order chi connectivity index (χ1) is 16.6. The smallest absolute Gasteiger partial charge is 0.268 e. The summed E-state index contributed by atoms with van der Waals surface area (Å²) < 4.78 is 28.3. The standard InChI is InChI=1S/C27H27NO6/c1-30-19-14-20(31-2)16-21(15-19)34-25-26(29)28-12-11-17-7-5-6-8-22(17)27(25,28)18-9-10-23(32-3)24(13-18)33-4/h5-10,13-16,25H,11-12H2,1-4H3/t25-,27+/m1/s1. The average molecular weight is 462 g/mol. The van der Waals surface area contributed by atoms with Gasteiger partial charge >= 0.3 is 0 Å². The number of hydrogen-bond donors (Lipinski definition) is 0. The van der Waals surface area contributed by atoms with E-state index in [1.165, 1.54) is 5.56 Å². The molecular weight excluding hydrogens is 434 g/mol. The van der Waals surface area contributed by atoms with Gasteiger partial charge in [0.1, 0.15) is 22.8 Å². The van der Waals surface area contributed by atoms with E-state index in [-0.39, 0.29) is 5.91 Å². The van der Waals surface area contributed by atoms with Crippen molar-refractivity contribution in [2.45, 2.75) is 18.1 Å². The Morgan fingerprint density at radius 3 is 2.15 bits per heavy atom. The van der Waals surface area contributed by atoms with Gasteiger partial charge < -0.3 is 28.6 Å². The molecular formula is C27H27NO6. The monoisotopic (exact) mass is 461 g/mol. The van der Waals surface area contributed by atoms with Gasteiger partial charge in [-0.2, -0.15) is 0 Å². The van der Waals surface area contributed by atoms with Crippen LogP contribution >= 0.6 is 0 Å². The van der Waals surface area contributed by atoms with Gasteiger partial charge in [-0.05, 0) is 35.2 Å². The number of ether oxygens (including phenoxy) is 5. The van der Waals surface area contributed by atoms with Crippen molar-refractivity contribution < 1.29 is 28.5 Å². The molecule has 0 aromatic heterocycles. The number of carbonyl (C=O) groups excluding carboxylic acids is 1. The summed E-state index contributed by atoms with van der Waals surface area (Å²) >= 11 is 0. The van der Waals surface area contributed by atoms with E-state index in [1.54, 1.807) is 46.6 Å². The maximum Gasteiger partial charge on any atom is 0.268 e. The van der Waals surface area contributed by atoms with Gasteiger partial charge in [0.2, 0.25) is 6.10 Å². The molecule has 0 bridgehead atoms. The zero-order valence-electron chi connectivity index (χ0n) is 19.7. The Morgan fingerprint density at radius 1 is 0.794 bits per heavy atom. The minimum absolute atomic E-state index is 0.0638. The summed E-state index contributed by atoms with van der Waals surface area (Å²) in [5, 5.41) is 0. The molecule has 3 aromatic rings. The average Bonchev–Trinajstić information content (AvgIpc) is 2.89. The molecule has 1 saturated heterocycles. The van der Waals surface area contributed by atoms with Crippen LogP contribution in [0, 0.1) is 0 Å². The minimum Gasteiger partial charge on any atom is -0.496 e. The maximum atomic E-state index is 13.5. The van der Waals surface area contributed by atoms with Gasteiger partial charge in [0.25, 0.3) is 5.91 Å². The second-order valence-electron chi connectivity index (χ2n) is 8.28. The molecule has 34 heavy (non-hydrogen) atoms. The SMILES string of the molecule is COc1cc(OC)cc(O[C@@H]2C(=O)N3CCc4ccccc4[C@@]23c2ccc(OC)c(OC)c2)c1. The van der Waals surface area contributed by atoms with Crippen molar-refractivity contribution in [3.05, 3.63) is 77.4 Å². The highest BCUT2D eigenvalue weighted by molar-refractivity contribution is 5.94. The van der Waals surface area contributed by atoms with Crippen molar-refractivity contribution in [2.75, 3.05) is 35.0 Å². The topological polar surface area (TPSA) is 66.5 Å². The van der Waals surface area contributed by atoms with E-state index < -0.39 is 11.6 Å². The lowest BCUT2D eigenvalue weighted by Crippen LogP contribution is -2.76. The molecule has 5 rings (SSSR count). The molecule has 3 aromatic carbocycles. The number of rotatable bonds is 7. The molecule has 0 radical (unpaired) electrons. The van der Waals surface area contributed by atoms with Crippen LogP contribution in [0.25, 0.3) is 0 Å². The van der Waals surface area contributed by atoms with Crippen molar-refractivity contribution in [2.24, 2.45) is 0 Å². The molecule has 2 heterocycles. The zero-order valence-corrected chi connectivity index (χ0v) is 19.7. The number of fused-ring (bicyclic) bond motifs is 3. The molecule has 2 aliphatic heterocycles. The summed E-state index contributed by atoms with van der Waals surface area (Å²) in [6.45, 7) is 0.603. The summed E-state index contributed by atoms with van der Waals surface area (Å²) in [5.41, 5.74) is 2.34. The van der Waals surface area contributed by atoms with Crippen molar-refractivity contribution in [1.29, 1.82) is 0 Å². The second-order valence-corrected chi connectivity index (χ2v) is 8.28. The Balaban J connectivity index is 1.68. The van der Waals surface area contributed by atoms with E-state index in [1.807, 2.05) is 35.2 Å². The van der Waals surface area contributed by atoms with Crippen LogP contribution in [-0.4, -0.2) is 51.9 Å². The van der Waals surface area contributed by atoms with Crippen LogP contribution in [0.5, 0.6) is 28.7 Å². The van der Waals surface area contributed by atoms with Gasteiger partial charge in [-0.15, -0.1) is 0 Å². The zero-order chi connectivity index (χ0) is 23.9. The van der Waals surface area contributed by atoms with Crippen LogP contribution in [0.3, 0.4) is 0 Å². The van der Waals surface area contributed by atoms with E-state index in [0.29, 0.717) is 35.3 Å². The van der Waals surface area contributed by atoms with Crippen LogP contribution in [0.4, 0.5) is 0 Å². The number of benzene rings is 3. The maximum absolute atomic E-state index is 13.5. The summed E-state index contributed by atoms with van der Waals surface area (Å²) in [4.78, 5) is 15.4. The number of hydrogen-bond acceptors (Lipinski definition) is 6. The molecule has 2 atom stereocenters. The first kappa shape index (κ1) is 21.9. The Kier molecular flexibility index (Phi) is 5.48. The predicted molar refractivity (Wildman–Crippen MR) is 126 cm³/mol. The normalized spacial score (nSPS) is 20.5. The first-order valence-electron chi connectivity index (χ1n) is 11.1. The van der Waals surface area contributed by atoms with Gasteiger partial charge in [0.05, 0.1) is 28.4 Å². The Morgan fingerprint density at radius 2 is 1.47 bits per heavy atom. The van der Waals surface area contributed by atoms with Crippen LogP contribution < -0.4 is 23.7 Å². The minimum atomic E-state index is -0.804. The fourth-order valence-electron chi connectivity index (χ4n) is 5.14. The van der Waals surface area contributed by atoms with Gasteiger partial charge in [0, 0.05) is 24.7 Å². The predicted octanol–water partition coefficient (Wildman–Crippen LogP) is 3.81. The lowest BCUT2D eigenvalue weighted by molar-refractivity contribution is -0.178. The molecule has 2 aliphatic rings. The molecule has 0 aliphatic carbocycles. The molecule has 1 fully saturated rings. The Labute approximate surface area is 198 Å². The highest BCUT2D eigenvalue weighted by Crippen LogP contribution is 2.53. The molecule has 1 amide bonds. The first-order valence-corrected chi connectivity index (χ1v) is 11.1. The summed E-state index contributed by atoms with van der Waals surface area (Å²) in [6, 6.07) is 19.3. The second kappa shape index (κ2) is 8.48. The van der Waals surface area contributed by atoms with Crippen molar-refractivity contribution in [3.8, 4) is 28.7 Å². The van der Waals surface area contributed by atoms with Crippen LogP contribution in [0.1, 0.15) is 16.7 Å². The van der Waals surface area contributed by atoms with Gasteiger partial charge in [-0.25, -0.2) is 0 Å². The van der Waals surface area contributed by atoms with Crippen LogP contribution in [0.15, 0.2) is 60.7 Å². The highest BCUT2D eigenvalue weighted by atomic mass is 16.5. The van der Waals surface area contributed by atoms with Crippen LogP contribution in [0.2, 0.25) is 0 Å². The molecule has 0 unspecified atom stereocenters. The van der Waals surface area contributed by atoms with Gasteiger partial charge in [-0.3, -0.25) is 4.79 Å². The van der Waals surface area contributed by atoms with E-state index in [4.69, 9.17) is 23.7 Å². The summed E-state index contributed by atoms with van der Waals surface area (Å²) in [5.74, 6) is 2.82. The lowest BCUT2D eigenvalue weighted by Gasteiger charge is -2.59. The van der Waals surface area contributed by atoms with E-state index in [2.05, 4.69) is 12.1 Å². The van der Waals surface area contributed by atoms with E-state index >= 15 is 0 Å². The number of methoxy groups -OCH3 is 4. The number of nitrogens with zero attached hydrogens (tertiary/aromatic N) is 1. The van der Waals surface area contributed by atoms with Gasteiger partial charge in [0.15, 0.2) is 11.5 Å². The molecule has 7 nitrogen and oxygen atoms in total. The fourth-order valence-corrected chi connectivity index (χ4v) is 5.14. The largest absolute Gasteiger partial charge is 0.496 e. The van der Waals surface area contributed by atoms with E-state index in [9.17, 15) is 4.79 Å². The molecule has 176 valence electrons. The van der Waals surface area contributed by atoms with Gasteiger partial charge in [-0.1, -0.05) is 30.3 Å². The third-order valence-corrected chi connectivity index (χ3v) is 6.73. The van der Waals surface area contributed by atoms with Crippen LogP contribution in [-0.2, 0) is 16.8 Å². The highest BCUT2D eigenvalue weighted by Gasteiger charge is 2.65. The van der Waals surface area contributed by atoms with E-state index in [0.717, 1.165) is 17.5 Å². The summed E-state index contributed by atoms with van der Waals surface area (Å²) in [6.07, 6.45) is 0.0141. The van der Waals surface area contributed by atoms with Crippen molar-refractivity contribution in [1.82, 2.24) is 4.90 Å². The molecule has 0 spiro atoms. The van der Waals surface area contributed by atoms with Crippen molar-refractivity contribution >= 4 is 5.91 Å². The number of β-lactam (4-membered cyclic amide) rings is 1. The number of amides is 1. The number of carbonyl (C=O) groups is 1. The van der Waals surface area contributed by atoms with Crippen molar-refractivity contribution in [3.63, 3.8) is 0 Å². The Hall–Kier alpha value is -3.87. The quantitative estimate of drug-likeness (QED) is 0.499. The lowest BCUT2D eigenvalue weighted by atomic mass is 9.66. The molecule has 0 saturated carbocycles. The molecule has 0 N–H and O–H groups in total. The fraction of sp³-hybridized carbons (Fsp3) is 0.296. The molecule has 7 heteroatoms. The third kappa shape index (κ3) is 3.15. The Bertz CT molecular complexity index is 1220. The summed E-state index contributed by atoms with van der Waals surface area (Å²) in [7, 11) is 6.37.